The van der Waals surface area contributed by atoms with Gasteiger partial charge in [0.1, 0.15) is 0 Å². The molecule has 14 heavy (non-hydrogen) atoms. The van der Waals surface area contributed by atoms with Gasteiger partial charge in [0.15, 0.2) is 0 Å². The van der Waals surface area contributed by atoms with Crippen LogP contribution in [-0.4, -0.2) is 17.2 Å². The Morgan fingerprint density at radius 2 is 2.36 bits per heavy atom. The summed E-state index contributed by atoms with van der Waals surface area (Å²) in [4.78, 5) is 4.56. The molecule has 1 aromatic heterocycles. The van der Waals surface area contributed by atoms with Gasteiger partial charge in [0.2, 0.25) is 0 Å². The first kappa shape index (κ1) is 10.1. The predicted molar refractivity (Wildman–Crippen MR) is 58.9 cm³/mol. The third-order valence-electron chi connectivity index (χ3n) is 2.68. The number of nitrogens with zero attached hydrogens (tertiary/aromatic N) is 1. The molecule has 1 atom stereocenters. The van der Waals surface area contributed by atoms with E-state index in [0.29, 0.717) is 5.92 Å². The minimum absolute atomic E-state index is 0.0302. The molecule has 1 aliphatic rings. The number of rotatable bonds is 1. The van der Waals surface area contributed by atoms with Crippen molar-refractivity contribution in [2.24, 2.45) is 0 Å². The molecule has 78 valence electrons. The van der Waals surface area contributed by atoms with Gasteiger partial charge in [0.05, 0.1) is 10.6 Å². The molecule has 2 rings (SSSR count). The normalized spacial score (nSPS) is 26.4. The molecule has 0 radical (unpaired) electrons. The summed E-state index contributed by atoms with van der Waals surface area (Å²) in [7, 11) is 0. The maximum absolute atomic E-state index is 5.70. The number of hydrogen-bond donors (Lipinski definition) is 0. The van der Waals surface area contributed by atoms with Gasteiger partial charge in [-0.25, -0.2) is 4.98 Å². The van der Waals surface area contributed by atoms with Crippen molar-refractivity contribution in [1.82, 2.24) is 4.98 Å². The molecule has 3 heteroatoms. The highest BCUT2D eigenvalue weighted by Crippen LogP contribution is 2.36. The molecule has 0 bridgehead atoms. The molecule has 1 fully saturated rings. The first-order chi connectivity index (χ1) is 6.57. The second-order valence-electron chi connectivity index (χ2n) is 4.63. The molecule has 1 aliphatic heterocycles. The zero-order chi connectivity index (χ0) is 10.2. The molecule has 0 unspecified atom stereocenters. The Morgan fingerprint density at radius 3 is 2.93 bits per heavy atom. The van der Waals surface area contributed by atoms with Crippen LogP contribution in [0.3, 0.4) is 0 Å². The molecule has 0 aliphatic carbocycles. The van der Waals surface area contributed by atoms with Crippen LogP contribution in [0.2, 0.25) is 0 Å². The molecule has 0 aromatic carbocycles. The van der Waals surface area contributed by atoms with Gasteiger partial charge in [0.25, 0.3) is 0 Å². The number of aryl methyl sites for hydroxylation is 1. The van der Waals surface area contributed by atoms with E-state index in [1.54, 1.807) is 11.3 Å². The quantitative estimate of drug-likeness (QED) is 0.712. The lowest BCUT2D eigenvalue weighted by Gasteiger charge is -2.34. The molecule has 1 saturated heterocycles. The van der Waals surface area contributed by atoms with Crippen molar-refractivity contribution in [3.63, 3.8) is 0 Å². The minimum atomic E-state index is 0.0302. The van der Waals surface area contributed by atoms with Crippen LogP contribution in [0.1, 0.15) is 43.3 Å². The van der Waals surface area contributed by atoms with Crippen LogP contribution >= 0.6 is 11.3 Å². The fourth-order valence-electron chi connectivity index (χ4n) is 2.00. The van der Waals surface area contributed by atoms with Crippen LogP contribution in [0.5, 0.6) is 0 Å². The Bertz CT molecular complexity index is 319. The summed E-state index contributed by atoms with van der Waals surface area (Å²) >= 11 is 1.79. The number of thiazole rings is 1. The van der Waals surface area contributed by atoms with Gasteiger partial charge in [0, 0.05) is 23.6 Å². The molecule has 0 spiro atoms. The fourth-order valence-corrected chi connectivity index (χ4v) is 2.94. The number of hydrogen-bond acceptors (Lipinski definition) is 3. The van der Waals surface area contributed by atoms with Crippen molar-refractivity contribution in [3.8, 4) is 0 Å². The van der Waals surface area contributed by atoms with Gasteiger partial charge >= 0.3 is 0 Å². The van der Waals surface area contributed by atoms with Gasteiger partial charge in [-0.15, -0.1) is 11.3 Å². The Labute approximate surface area is 89.3 Å². The lowest BCUT2D eigenvalue weighted by molar-refractivity contribution is -0.0593. The average Bonchev–Trinajstić information content (AvgIpc) is 2.50. The van der Waals surface area contributed by atoms with E-state index in [1.807, 2.05) is 0 Å². The van der Waals surface area contributed by atoms with Gasteiger partial charge in [-0.05, 0) is 33.6 Å². The highest BCUT2D eigenvalue weighted by molar-refractivity contribution is 7.09. The first-order valence-electron chi connectivity index (χ1n) is 5.13. The molecule has 0 N–H and O–H groups in total. The van der Waals surface area contributed by atoms with Crippen molar-refractivity contribution < 1.29 is 4.74 Å². The van der Waals surface area contributed by atoms with E-state index in [0.717, 1.165) is 25.1 Å². The summed E-state index contributed by atoms with van der Waals surface area (Å²) in [6, 6.07) is 0. The zero-order valence-corrected chi connectivity index (χ0v) is 9.86. The highest BCUT2D eigenvalue weighted by Gasteiger charge is 2.30. The summed E-state index contributed by atoms with van der Waals surface area (Å²) in [5, 5.41) is 3.43. The largest absolute Gasteiger partial charge is 0.376 e. The van der Waals surface area contributed by atoms with E-state index in [-0.39, 0.29) is 5.60 Å². The average molecular weight is 211 g/mol. The van der Waals surface area contributed by atoms with Gasteiger partial charge in [-0.1, -0.05) is 0 Å². The molecule has 0 amide bonds. The lowest BCUT2D eigenvalue weighted by Crippen LogP contribution is -2.32. The minimum Gasteiger partial charge on any atom is -0.376 e. The van der Waals surface area contributed by atoms with Crippen LogP contribution in [0, 0.1) is 6.92 Å². The summed E-state index contributed by atoms with van der Waals surface area (Å²) in [5.74, 6) is 0.609. The highest BCUT2D eigenvalue weighted by atomic mass is 32.1. The molecular formula is C11H17NOS. The van der Waals surface area contributed by atoms with E-state index >= 15 is 0 Å². The van der Waals surface area contributed by atoms with Gasteiger partial charge < -0.3 is 4.74 Å². The summed E-state index contributed by atoms with van der Waals surface area (Å²) in [5.41, 5.74) is 1.18. The maximum atomic E-state index is 5.70. The van der Waals surface area contributed by atoms with E-state index in [4.69, 9.17) is 4.74 Å². The van der Waals surface area contributed by atoms with Crippen LogP contribution in [0.4, 0.5) is 0 Å². The molecule has 2 nitrogen and oxygen atoms in total. The molecule has 0 saturated carbocycles. The van der Waals surface area contributed by atoms with Crippen molar-refractivity contribution in [2.75, 3.05) is 6.61 Å². The van der Waals surface area contributed by atoms with Crippen LogP contribution in [0.15, 0.2) is 5.38 Å². The Balaban J connectivity index is 2.12. The monoisotopic (exact) mass is 211 g/mol. The molecule has 1 aromatic rings. The van der Waals surface area contributed by atoms with Gasteiger partial charge in [-0.2, -0.15) is 0 Å². The zero-order valence-electron chi connectivity index (χ0n) is 9.04. The topological polar surface area (TPSA) is 22.1 Å². The predicted octanol–water partition coefficient (Wildman–Crippen LogP) is 3.12. The lowest BCUT2D eigenvalue weighted by atomic mass is 9.89. The van der Waals surface area contributed by atoms with Crippen LogP contribution in [-0.2, 0) is 4.74 Å². The summed E-state index contributed by atoms with van der Waals surface area (Å²) in [6.45, 7) is 7.26. The van der Waals surface area contributed by atoms with E-state index in [9.17, 15) is 0 Å². The SMILES string of the molecule is Cc1csc([C@H]2CCOC(C)(C)C2)n1. The summed E-state index contributed by atoms with van der Waals surface area (Å²) < 4.78 is 5.70. The summed E-state index contributed by atoms with van der Waals surface area (Å²) in [6.07, 6.45) is 2.22. The van der Waals surface area contributed by atoms with Gasteiger partial charge in [-0.3, -0.25) is 0 Å². The number of ether oxygens (including phenoxy) is 1. The molecular weight excluding hydrogens is 194 g/mol. The first-order valence-corrected chi connectivity index (χ1v) is 6.01. The Morgan fingerprint density at radius 1 is 1.57 bits per heavy atom. The third-order valence-corrected chi connectivity index (χ3v) is 3.81. The second-order valence-corrected chi connectivity index (χ2v) is 5.51. The van der Waals surface area contributed by atoms with Crippen molar-refractivity contribution >= 4 is 11.3 Å². The van der Waals surface area contributed by atoms with E-state index in [2.05, 4.69) is 31.1 Å². The van der Waals surface area contributed by atoms with Crippen LogP contribution in [0.25, 0.3) is 0 Å². The number of aromatic nitrogens is 1. The molecule has 2 heterocycles. The van der Waals surface area contributed by atoms with Crippen molar-refractivity contribution in [1.29, 1.82) is 0 Å². The second kappa shape index (κ2) is 3.63. The van der Waals surface area contributed by atoms with E-state index < -0.39 is 0 Å². The van der Waals surface area contributed by atoms with Crippen LogP contribution < -0.4 is 0 Å². The van der Waals surface area contributed by atoms with Crippen molar-refractivity contribution in [3.05, 3.63) is 16.1 Å². The Hall–Kier alpha value is -0.410. The standard InChI is InChI=1S/C11H17NOS/c1-8-7-14-10(12-8)9-4-5-13-11(2,3)6-9/h7,9H,4-6H2,1-3H3/t9-/m0/s1. The Kier molecular flexibility index (Phi) is 2.62. The third kappa shape index (κ3) is 2.15. The fraction of sp³-hybridized carbons (Fsp3) is 0.727. The van der Waals surface area contributed by atoms with E-state index in [1.165, 1.54) is 5.01 Å². The smallest absolute Gasteiger partial charge is 0.0961 e. The maximum Gasteiger partial charge on any atom is 0.0961 e. The van der Waals surface area contributed by atoms with Crippen molar-refractivity contribution in [2.45, 2.75) is 45.1 Å².